The van der Waals surface area contributed by atoms with Gasteiger partial charge in [0.1, 0.15) is 11.6 Å². The molecule has 0 spiro atoms. The van der Waals surface area contributed by atoms with Gasteiger partial charge >= 0.3 is 5.97 Å². The number of methoxy groups -OCH3 is 2. The van der Waals surface area contributed by atoms with Crippen LogP contribution in [0, 0.1) is 17.2 Å². The Kier molecular flexibility index (Phi) is 3.59. The third kappa shape index (κ3) is 2.03. The van der Waals surface area contributed by atoms with Gasteiger partial charge in [0.05, 0.1) is 14.2 Å². The fourth-order valence-corrected chi connectivity index (χ4v) is 3.77. The van der Waals surface area contributed by atoms with Gasteiger partial charge < -0.3 is 9.47 Å². The van der Waals surface area contributed by atoms with Gasteiger partial charge in [0.25, 0.3) is 0 Å². The summed E-state index contributed by atoms with van der Waals surface area (Å²) in [6, 6.07) is 6.00. The van der Waals surface area contributed by atoms with Crippen LogP contribution in [0.1, 0.15) is 17.9 Å². The van der Waals surface area contributed by atoms with Gasteiger partial charge in [0, 0.05) is 17.9 Å². The average Bonchev–Trinajstić information content (AvgIpc) is 2.82. The lowest BCUT2D eigenvalue weighted by atomic mass is 9.75. The van der Waals surface area contributed by atoms with E-state index in [9.17, 15) is 14.0 Å². The van der Waals surface area contributed by atoms with Crippen LogP contribution in [0.3, 0.4) is 0 Å². The van der Waals surface area contributed by atoms with Crippen LogP contribution in [-0.2, 0) is 19.1 Å². The first-order valence-electron chi connectivity index (χ1n) is 7.29. The molecule has 1 saturated carbocycles. The fraction of sp³-hybridized carbons (Fsp3) is 0.333. The quantitative estimate of drug-likeness (QED) is 0.489. The van der Waals surface area contributed by atoms with Crippen molar-refractivity contribution in [2.75, 3.05) is 14.2 Å². The summed E-state index contributed by atoms with van der Waals surface area (Å²) < 4.78 is 23.4. The largest absolute Gasteiger partial charge is 0.501 e. The van der Waals surface area contributed by atoms with Gasteiger partial charge in [-0.05, 0) is 29.7 Å². The zero-order valence-corrected chi connectivity index (χ0v) is 13.0. The summed E-state index contributed by atoms with van der Waals surface area (Å²) in [5.74, 6) is -1.30. The summed E-state index contributed by atoms with van der Waals surface area (Å²) in [6.07, 6.45) is 1.62. The Bertz CT molecular complexity index is 719. The maximum absolute atomic E-state index is 13.2. The van der Waals surface area contributed by atoms with Gasteiger partial charge in [-0.25, -0.2) is 4.39 Å². The number of allylic oxidation sites excluding steroid dienone is 2. The maximum atomic E-state index is 13.2. The lowest BCUT2D eigenvalue weighted by Crippen LogP contribution is -2.40. The number of hydrogen-bond acceptors (Lipinski definition) is 4. The molecular formula is C18H17FO4. The summed E-state index contributed by atoms with van der Waals surface area (Å²) >= 11 is 0. The molecule has 120 valence electrons. The Labute approximate surface area is 133 Å². The highest BCUT2D eigenvalue weighted by molar-refractivity contribution is 6.14. The molecule has 0 saturated heterocycles. The van der Waals surface area contributed by atoms with Gasteiger partial charge in [-0.15, -0.1) is 0 Å². The van der Waals surface area contributed by atoms with E-state index in [4.69, 9.17) is 9.47 Å². The van der Waals surface area contributed by atoms with Gasteiger partial charge in [0.2, 0.25) is 0 Å². The Hall–Kier alpha value is -2.43. The highest BCUT2D eigenvalue weighted by Crippen LogP contribution is 2.59. The van der Waals surface area contributed by atoms with Crippen molar-refractivity contribution in [3.05, 3.63) is 59.6 Å². The number of benzene rings is 1. The number of carbonyl (C=O) groups excluding carboxylic acids is 2. The standard InChI is InChI=1S/C18H17FO4/c1-10-16(11-4-6-12(19)7-5-11)13-9-18(10,17(21)23-3)15(20)8-14(13)22-2/h4-8,13,16H,1,9H2,2-3H3/t13-,16+,18+/m0/s1. The van der Waals surface area contributed by atoms with Crippen LogP contribution in [0.4, 0.5) is 4.39 Å². The molecule has 1 aromatic rings. The van der Waals surface area contributed by atoms with Gasteiger partial charge in [-0.3, -0.25) is 9.59 Å². The van der Waals surface area contributed by atoms with Gasteiger partial charge in [0.15, 0.2) is 11.2 Å². The molecule has 1 aromatic carbocycles. The van der Waals surface area contributed by atoms with E-state index in [1.54, 1.807) is 12.1 Å². The van der Waals surface area contributed by atoms with Crippen LogP contribution in [0.25, 0.3) is 0 Å². The number of carbonyl (C=O) groups is 2. The van der Waals surface area contributed by atoms with Crippen molar-refractivity contribution < 1.29 is 23.5 Å². The second kappa shape index (κ2) is 5.33. The Morgan fingerprint density at radius 3 is 2.52 bits per heavy atom. The van der Waals surface area contributed by atoms with Crippen molar-refractivity contribution in [3.63, 3.8) is 0 Å². The van der Waals surface area contributed by atoms with Crippen LogP contribution in [0.5, 0.6) is 0 Å². The van der Waals surface area contributed by atoms with E-state index < -0.39 is 11.4 Å². The minimum Gasteiger partial charge on any atom is -0.501 e. The minimum absolute atomic E-state index is 0.199. The number of fused-ring (bicyclic) bond motifs is 2. The van der Waals surface area contributed by atoms with Crippen LogP contribution < -0.4 is 0 Å². The third-order valence-corrected chi connectivity index (χ3v) is 4.91. The number of esters is 1. The lowest BCUT2D eigenvalue weighted by Gasteiger charge is -2.27. The number of ketones is 1. The zero-order chi connectivity index (χ0) is 16.8. The highest BCUT2D eigenvalue weighted by Gasteiger charge is 2.62. The molecule has 23 heavy (non-hydrogen) atoms. The Morgan fingerprint density at radius 1 is 1.30 bits per heavy atom. The molecule has 2 bridgehead atoms. The van der Waals surface area contributed by atoms with E-state index in [2.05, 4.69) is 6.58 Å². The van der Waals surface area contributed by atoms with Crippen LogP contribution in [0.15, 0.2) is 48.3 Å². The number of rotatable bonds is 3. The molecule has 2 aliphatic rings. The van der Waals surface area contributed by atoms with Gasteiger partial charge in [-0.1, -0.05) is 18.7 Å². The molecule has 0 unspecified atom stereocenters. The van der Waals surface area contributed by atoms with E-state index in [1.807, 2.05) is 0 Å². The van der Waals surface area contributed by atoms with E-state index >= 15 is 0 Å². The van der Waals surface area contributed by atoms with E-state index in [-0.39, 0.29) is 29.9 Å². The number of halogens is 1. The maximum Gasteiger partial charge on any atom is 0.323 e. The molecule has 3 rings (SSSR count). The lowest BCUT2D eigenvalue weighted by molar-refractivity contribution is -0.154. The summed E-state index contributed by atoms with van der Waals surface area (Å²) in [5, 5.41) is 0. The topological polar surface area (TPSA) is 52.6 Å². The molecule has 2 aliphatic carbocycles. The van der Waals surface area contributed by atoms with E-state index in [0.717, 1.165) is 5.56 Å². The summed E-state index contributed by atoms with van der Waals surface area (Å²) in [4.78, 5) is 25.0. The van der Waals surface area contributed by atoms with Crippen molar-refractivity contribution in [2.45, 2.75) is 12.3 Å². The predicted octanol–water partition coefficient (Wildman–Crippen LogP) is 2.76. The Morgan fingerprint density at radius 2 is 1.96 bits per heavy atom. The molecule has 4 nitrogen and oxygen atoms in total. The molecule has 5 heteroatoms. The molecular weight excluding hydrogens is 299 g/mol. The molecule has 0 radical (unpaired) electrons. The first-order valence-corrected chi connectivity index (χ1v) is 7.29. The predicted molar refractivity (Wildman–Crippen MR) is 80.9 cm³/mol. The van der Waals surface area contributed by atoms with Crippen molar-refractivity contribution in [3.8, 4) is 0 Å². The van der Waals surface area contributed by atoms with E-state index in [1.165, 1.54) is 32.4 Å². The van der Waals surface area contributed by atoms with Crippen molar-refractivity contribution >= 4 is 11.8 Å². The molecule has 0 aliphatic heterocycles. The summed E-state index contributed by atoms with van der Waals surface area (Å²) in [6.45, 7) is 4.03. The monoisotopic (exact) mass is 316 g/mol. The highest BCUT2D eigenvalue weighted by atomic mass is 19.1. The molecule has 0 N–H and O–H groups in total. The normalized spacial score (nSPS) is 29.3. The third-order valence-electron chi connectivity index (χ3n) is 4.91. The van der Waals surface area contributed by atoms with Crippen molar-refractivity contribution in [1.29, 1.82) is 0 Å². The smallest absolute Gasteiger partial charge is 0.323 e. The average molecular weight is 316 g/mol. The first kappa shape index (κ1) is 15.5. The second-order valence-corrected chi connectivity index (χ2v) is 5.88. The van der Waals surface area contributed by atoms with Crippen molar-refractivity contribution in [1.82, 2.24) is 0 Å². The molecule has 0 heterocycles. The molecule has 0 aromatic heterocycles. The van der Waals surface area contributed by atoms with Crippen LogP contribution >= 0.6 is 0 Å². The van der Waals surface area contributed by atoms with Gasteiger partial charge in [-0.2, -0.15) is 0 Å². The summed E-state index contributed by atoms with van der Waals surface area (Å²) in [7, 11) is 2.75. The van der Waals surface area contributed by atoms with Crippen molar-refractivity contribution in [2.24, 2.45) is 11.3 Å². The molecule has 1 fully saturated rings. The molecule has 3 atom stereocenters. The minimum atomic E-state index is -1.37. The van der Waals surface area contributed by atoms with E-state index in [0.29, 0.717) is 11.3 Å². The van der Waals surface area contributed by atoms with Crippen LogP contribution in [0.2, 0.25) is 0 Å². The molecule has 0 amide bonds. The zero-order valence-electron chi connectivity index (χ0n) is 13.0. The first-order chi connectivity index (χ1) is 11.0. The number of hydrogen-bond donors (Lipinski definition) is 0. The summed E-state index contributed by atoms with van der Waals surface area (Å²) in [5.41, 5.74) is -0.0976. The Balaban J connectivity index is 2.15. The van der Waals surface area contributed by atoms with Crippen LogP contribution in [-0.4, -0.2) is 26.0 Å². The second-order valence-electron chi connectivity index (χ2n) is 5.88. The number of ether oxygens (including phenoxy) is 2. The SMILES string of the molecule is C=C1[C@H](c2ccc(F)cc2)[C@H]2C[C@]1(C(=O)OC)C(=O)C=C2OC. The fourth-order valence-electron chi connectivity index (χ4n) is 3.77.